The highest BCUT2D eigenvalue weighted by atomic mass is 16.5. The lowest BCUT2D eigenvalue weighted by atomic mass is 9.72. The van der Waals surface area contributed by atoms with Crippen molar-refractivity contribution in [3.8, 4) is 11.5 Å². The minimum absolute atomic E-state index is 0.0559. The average molecular weight is 488 g/mol. The van der Waals surface area contributed by atoms with E-state index in [-0.39, 0.29) is 17.7 Å². The molecule has 1 heterocycles. The van der Waals surface area contributed by atoms with Crippen molar-refractivity contribution in [1.29, 1.82) is 0 Å². The van der Waals surface area contributed by atoms with Gasteiger partial charge in [0, 0.05) is 37.3 Å². The van der Waals surface area contributed by atoms with E-state index in [2.05, 4.69) is 0 Å². The first-order chi connectivity index (χ1) is 16.7. The van der Waals surface area contributed by atoms with Gasteiger partial charge in [-0.1, -0.05) is 32.3 Å². The number of hydrogen-bond donors (Lipinski definition) is 1. The van der Waals surface area contributed by atoms with Crippen molar-refractivity contribution in [3.63, 3.8) is 0 Å². The maximum atomic E-state index is 13.7. The highest BCUT2D eigenvalue weighted by molar-refractivity contribution is 5.84. The van der Waals surface area contributed by atoms with Crippen LogP contribution in [0.25, 0.3) is 0 Å². The SMILES string of the molecule is COc1ccc([C@@H]2CN(C(=O)C(OC(C)=O)C3CCCCC3)C[C@@]2(C)[C@@H](C)O)cc1OCC1CC1. The predicted molar refractivity (Wildman–Crippen MR) is 132 cm³/mol. The van der Waals surface area contributed by atoms with Gasteiger partial charge < -0.3 is 24.2 Å². The molecular formula is C28H41NO6. The lowest BCUT2D eigenvalue weighted by Crippen LogP contribution is -2.46. The Balaban J connectivity index is 1.59. The third-order valence-electron chi connectivity index (χ3n) is 8.37. The van der Waals surface area contributed by atoms with Crippen LogP contribution in [0, 0.1) is 17.3 Å². The fourth-order valence-corrected chi connectivity index (χ4v) is 5.75. The van der Waals surface area contributed by atoms with Gasteiger partial charge in [-0.3, -0.25) is 9.59 Å². The monoisotopic (exact) mass is 487 g/mol. The largest absolute Gasteiger partial charge is 0.493 e. The molecule has 1 saturated heterocycles. The Morgan fingerprint density at radius 1 is 1.14 bits per heavy atom. The number of rotatable bonds is 9. The van der Waals surface area contributed by atoms with Gasteiger partial charge >= 0.3 is 5.97 Å². The highest BCUT2D eigenvalue weighted by Gasteiger charge is 2.50. The quantitative estimate of drug-likeness (QED) is 0.523. The van der Waals surface area contributed by atoms with E-state index >= 15 is 0 Å². The number of amides is 1. The van der Waals surface area contributed by atoms with Crippen LogP contribution in [-0.4, -0.2) is 60.9 Å². The molecule has 3 aliphatic rings. The van der Waals surface area contributed by atoms with E-state index in [0.717, 1.165) is 37.7 Å². The van der Waals surface area contributed by atoms with Gasteiger partial charge in [0.15, 0.2) is 17.6 Å². The van der Waals surface area contributed by atoms with Crippen LogP contribution in [0.4, 0.5) is 0 Å². The summed E-state index contributed by atoms with van der Waals surface area (Å²) in [6.07, 6.45) is 6.08. The highest BCUT2D eigenvalue weighted by Crippen LogP contribution is 2.47. The zero-order chi connectivity index (χ0) is 25.2. The summed E-state index contributed by atoms with van der Waals surface area (Å²) in [7, 11) is 1.63. The lowest BCUT2D eigenvalue weighted by Gasteiger charge is -2.34. The molecule has 4 rings (SSSR count). The minimum atomic E-state index is -0.752. The van der Waals surface area contributed by atoms with Gasteiger partial charge in [0.05, 0.1) is 19.8 Å². The van der Waals surface area contributed by atoms with Crippen molar-refractivity contribution >= 4 is 11.9 Å². The number of carbonyl (C=O) groups is 2. The van der Waals surface area contributed by atoms with Gasteiger partial charge in [-0.2, -0.15) is 0 Å². The normalized spacial score (nSPS) is 26.8. The standard InChI is InChI=1S/C28H41NO6/c1-18(30)28(3)17-29(27(32)26(35-19(2)31)21-8-6-5-7-9-21)15-23(28)22-12-13-24(33-4)25(14-22)34-16-20-10-11-20/h12-14,18,20-21,23,26,30H,5-11,15-17H2,1-4H3/t18-,23+,26?,28+/m1/s1. The molecule has 0 radical (unpaired) electrons. The van der Waals surface area contributed by atoms with E-state index in [9.17, 15) is 14.7 Å². The first-order valence-corrected chi connectivity index (χ1v) is 13.2. The van der Waals surface area contributed by atoms with Gasteiger partial charge in [-0.15, -0.1) is 0 Å². The zero-order valence-electron chi connectivity index (χ0n) is 21.6. The summed E-state index contributed by atoms with van der Waals surface area (Å²) in [6, 6.07) is 5.92. The number of likely N-dealkylation sites (tertiary alicyclic amines) is 1. The molecule has 1 amide bonds. The Kier molecular flexibility index (Phi) is 7.94. The second-order valence-corrected chi connectivity index (χ2v) is 11.0. The molecule has 0 spiro atoms. The maximum Gasteiger partial charge on any atom is 0.303 e. The van der Waals surface area contributed by atoms with Crippen LogP contribution in [0.5, 0.6) is 11.5 Å². The Morgan fingerprint density at radius 2 is 1.86 bits per heavy atom. The van der Waals surface area contributed by atoms with Crippen LogP contribution in [0.2, 0.25) is 0 Å². The van der Waals surface area contributed by atoms with E-state index in [0.29, 0.717) is 37.1 Å². The summed E-state index contributed by atoms with van der Waals surface area (Å²) < 4.78 is 17.2. The van der Waals surface area contributed by atoms with Crippen LogP contribution >= 0.6 is 0 Å². The van der Waals surface area contributed by atoms with E-state index in [1.165, 1.54) is 19.8 Å². The van der Waals surface area contributed by atoms with E-state index < -0.39 is 23.6 Å². The number of benzene rings is 1. The molecule has 1 aromatic rings. The molecule has 0 aromatic heterocycles. The summed E-state index contributed by atoms with van der Waals surface area (Å²) in [5.41, 5.74) is 0.461. The predicted octanol–water partition coefficient (Wildman–Crippen LogP) is 4.31. The van der Waals surface area contributed by atoms with Crippen LogP contribution in [0.3, 0.4) is 0 Å². The van der Waals surface area contributed by atoms with Crippen molar-refractivity contribution < 1.29 is 28.9 Å². The lowest BCUT2D eigenvalue weighted by molar-refractivity contribution is -0.163. The van der Waals surface area contributed by atoms with Crippen molar-refractivity contribution in [2.24, 2.45) is 17.3 Å². The Bertz CT molecular complexity index is 907. The number of aliphatic hydroxyl groups excluding tert-OH is 1. The average Bonchev–Trinajstić information content (AvgIpc) is 3.61. The maximum absolute atomic E-state index is 13.7. The molecule has 35 heavy (non-hydrogen) atoms. The topological polar surface area (TPSA) is 85.3 Å². The molecule has 7 nitrogen and oxygen atoms in total. The van der Waals surface area contributed by atoms with Crippen LogP contribution in [-0.2, 0) is 14.3 Å². The summed E-state index contributed by atoms with van der Waals surface area (Å²) in [4.78, 5) is 27.4. The third kappa shape index (κ3) is 5.76. The molecule has 194 valence electrons. The minimum Gasteiger partial charge on any atom is -0.493 e. The number of aliphatic hydroxyl groups is 1. The zero-order valence-corrected chi connectivity index (χ0v) is 21.6. The number of hydrogen-bond acceptors (Lipinski definition) is 6. The molecule has 2 aliphatic carbocycles. The fourth-order valence-electron chi connectivity index (χ4n) is 5.75. The van der Waals surface area contributed by atoms with Crippen LogP contribution in [0.1, 0.15) is 77.2 Å². The summed E-state index contributed by atoms with van der Waals surface area (Å²) in [6.45, 7) is 6.73. The van der Waals surface area contributed by atoms with Gasteiger partial charge in [0.1, 0.15) is 0 Å². The van der Waals surface area contributed by atoms with Crippen molar-refractivity contribution in [3.05, 3.63) is 23.8 Å². The second-order valence-electron chi connectivity index (χ2n) is 11.0. The molecule has 1 unspecified atom stereocenters. The van der Waals surface area contributed by atoms with Gasteiger partial charge in [0.2, 0.25) is 0 Å². The molecule has 1 aromatic carbocycles. The number of methoxy groups -OCH3 is 1. The number of nitrogens with zero attached hydrogens (tertiary/aromatic N) is 1. The van der Waals surface area contributed by atoms with E-state index in [1.807, 2.05) is 25.1 Å². The Morgan fingerprint density at radius 3 is 2.46 bits per heavy atom. The van der Waals surface area contributed by atoms with E-state index in [1.54, 1.807) is 18.9 Å². The van der Waals surface area contributed by atoms with Crippen molar-refractivity contribution in [1.82, 2.24) is 4.90 Å². The second kappa shape index (κ2) is 10.8. The summed E-state index contributed by atoms with van der Waals surface area (Å²) >= 11 is 0. The van der Waals surface area contributed by atoms with Gasteiger partial charge in [-0.05, 0) is 56.2 Å². The first kappa shape index (κ1) is 25.8. The molecular weight excluding hydrogens is 446 g/mol. The molecule has 0 bridgehead atoms. The Hall–Kier alpha value is -2.28. The van der Waals surface area contributed by atoms with Crippen molar-refractivity contribution in [2.45, 2.75) is 83.8 Å². The molecule has 3 fully saturated rings. The fraction of sp³-hybridized carbons (Fsp3) is 0.714. The smallest absolute Gasteiger partial charge is 0.303 e. The van der Waals surface area contributed by atoms with Gasteiger partial charge in [-0.25, -0.2) is 0 Å². The number of esters is 1. The molecule has 1 aliphatic heterocycles. The molecule has 7 heteroatoms. The van der Waals surface area contributed by atoms with Crippen LogP contribution < -0.4 is 9.47 Å². The molecule has 1 N–H and O–H groups in total. The van der Waals surface area contributed by atoms with Gasteiger partial charge in [0.25, 0.3) is 5.91 Å². The number of carbonyl (C=O) groups excluding carboxylic acids is 2. The summed E-state index contributed by atoms with van der Waals surface area (Å²) in [5.74, 6) is 1.41. The third-order valence-corrected chi connectivity index (χ3v) is 8.37. The van der Waals surface area contributed by atoms with Crippen LogP contribution in [0.15, 0.2) is 18.2 Å². The molecule has 4 atom stereocenters. The number of ether oxygens (including phenoxy) is 3. The molecule has 2 saturated carbocycles. The Labute approximate surface area is 209 Å². The first-order valence-electron chi connectivity index (χ1n) is 13.2. The van der Waals surface area contributed by atoms with E-state index in [4.69, 9.17) is 14.2 Å². The van der Waals surface area contributed by atoms with Crippen molar-refractivity contribution in [2.75, 3.05) is 26.8 Å². The summed E-state index contributed by atoms with van der Waals surface area (Å²) in [5, 5.41) is 10.9.